The molecule has 0 N–H and O–H groups in total. The van der Waals surface area contributed by atoms with Gasteiger partial charge in [0.25, 0.3) is 0 Å². The topological polar surface area (TPSA) is 27.7 Å². The van der Waals surface area contributed by atoms with Gasteiger partial charge in [-0.3, -0.25) is 0 Å². The van der Waals surface area contributed by atoms with E-state index < -0.39 is 8.80 Å². The lowest BCUT2D eigenvalue weighted by Gasteiger charge is -2.43. The van der Waals surface area contributed by atoms with Crippen LogP contribution in [-0.4, -0.2) is 59.4 Å². The molecule has 0 aliphatic rings. The van der Waals surface area contributed by atoms with Crippen molar-refractivity contribution >= 4 is 8.80 Å². The summed E-state index contributed by atoms with van der Waals surface area (Å²) in [7, 11) is 1.96. The van der Waals surface area contributed by atoms with Crippen LogP contribution in [0.2, 0.25) is 0 Å². The maximum Gasteiger partial charge on any atom is 0.562 e. The number of nitrogens with zero attached hydrogens (tertiary/aromatic N) is 1. The van der Waals surface area contributed by atoms with Crippen molar-refractivity contribution in [2.24, 2.45) is 0 Å². The first-order chi connectivity index (χ1) is 15.9. The second kappa shape index (κ2) is 21.3. The number of quaternary nitrogens is 1. The molecule has 4 nitrogen and oxygen atoms in total. The van der Waals surface area contributed by atoms with E-state index >= 15 is 0 Å². The van der Waals surface area contributed by atoms with Gasteiger partial charge in [0.2, 0.25) is 0 Å². The maximum absolute atomic E-state index is 6.17. The molecule has 0 saturated carbocycles. The predicted molar refractivity (Wildman–Crippen MR) is 147 cm³/mol. The molecular formula is C28H62NO3Si+. The van der Waals surface area contributed by atoms with E-state index in [9.17, 15) is 0 Å². The van der Waals surface area contributed by atoms with Crippen LogP contribution >= 0.6 is 0 Å². The van der Waals surface area contributed by atoms with E-state index in [1.807, 2.05) is 20.8 Å². The van der Waals surface area contributed by atoms with E-state index in [0.717, 1.165) is 11.0 Å². The van der Waals surface area contributed by atoms with Crippen LogP contribution in [0.3, 0.4) is 0 Å². The van der Waals surface area contributed by atoms with Gasteiger partial charge < -0.3 is 17.8 Å². The van der Waals surface area contributed by atoms with Crippen molar-refractivity contribution in [3.8, 4) is 0 Å². The third kappa shape index (κ3) is 15.6. The van der Waals surface area contributed by atoms with E-state index in [-0.39, 0.29) is 5.67 Å². The third-order valence-electron chi connectivity index (χ3n) is 7.18. The van der Waals surface area contributed by atoms with Gasteiger partial charge in [0.1, 0.15) is 0 Å². The second-order valence-corrected chi connectivity index (χ2v) is 13.3. The lowest BCUT2D eigenvalue weighted by Crippen LogP contribution is -2.67. The molecule has 0 aromatic carbocycles. The summed E-state index contributed by atoms with van der Waals surface area (Å²) in [5.74, 6) is 0. The fourth-order valence-corrected chi connectivity index (χ4v) is 7.95. The van der Waals surface area contributed by atoms with Crippen molar-refractivity contribution in [1.82, 2.24) is 0 Å². The van der Waals surface area contributed by atoms with Crippen molar-refractivity contribution in [3.63, 3.8) is 0 Å². The molecular weight excluding hydrogens is 426 g/mol. The molecule has 1 unspecified atom stereocenters. The van der Waals surface area contributed by atoms with E-state index in [1.165, 1.54) is 103 Å². The Kier molecular flexibility index (Phi) is 21.4. The first-order valence-corrected chi connectivity index (χ1v) is 16.4. The van der Waals surface area contributed by atoms with Crippen LogP contribution in [0, 0.1) is 0 Å². The van der Waals surface area contributed by atoms with Crippen LogP contribution in [0.5, 0.6) is 0 Å². The van der Waals surface area contributed by atoms with Crippen LogP contribution in [0.15, 0.2) is 0 Å². The van der Waals surface area contributed by atoms with Crippen LogP contribution in [-0.2, 0) is 13.3 Å². The number of rotatable bonds is 25. The Morgan fingerprint density at radius 1 is 0.515 bits per heavy atom. The molecule has 0 bridgehead atoms. The van der Waals surface area contributed by atoms with E-state index in [1.54, 1.807) is 0 Å². The van der Waals surface area contributed by atoms with Gasteiger partial charge in [0.05, 0.1) is 20.6 Å². The van der Waals surface area contributed by atoms with Crippen LogP contribution < -0.4 is 0 Å². The Bertz CT molecular complexity index is 403. The number of hydrogen-bond acceptors (Lipinski definition) is 3. The smallest absolute Gasteiger partial charge is 0.370 e. The first-order valence-electron chi connectivity index (χ1n) is 14.6. The van der Waals surface area contributed by atoms with Gasteiger partial charge >= 0.3 is 8.80 Å². The average Bonchev–Trinajstić information content (AvgIpc) is 2.78. The second-order valence-electron chi connectivity index (χ2n) is 10.4. The zero-order chi connectivity index (χ0) is 24.8. The summed E-state index contributed by atoms with van der Waals surface area (Å²) in [6, 6.07) is 0. The maximum atomic E-state index is 6.17. The zero-order valence-corrected chi connectivity index (χ0v) is 24.9. The first kappa shape index (κ1) is 33.1. The minimum atomic E-state index is -2.67. The monoisotopic (exact) mass is 488 g/mol. The molecule has 0 fully saturated rings. The minimum Gasteiger partial charge on any atom is -0.370 e. The normalized spacial score (nSPS) is 13.5. The Balaban J connectivity index is 3.89. The summed E-state index contributed by atoms with van der Waals surface area (Å²) in [4.78, 5) is 0. The fraction of sp³-hybridized carbons (Fsp3) is 1.00. The molecule has 0 radical (unpaired) electrons. The highest BCUT2D eigenvalue weighted by Gasteiger charge is 2.55. The number of hydrogen-bond donors (Lipinski definition) is 0. The van der Waals surface area contributed by atoms with Crippen molar-refractivity contribution in [2.45, 2.75) is 143 Å². The molecule has 0 spiro atoms. The molecule has 0 aliphatic carbocycles. The van der Waals surface area contributed by atoms with Gasteiger partial charge in [-0.05, 0) is 40.5 Å². The Labute approximate surface area is 210 Å². The quantitative estimate of drug-likeness (QED) is 0.0734. The van der Waals surface area contributed by atoms with E-state index in [0.29, 0.717) is 19.8 Å². The lowest BCUT2D eigenvalue weighted by atomic mass is 10.0. The summed E-state index contributed by atoms with van der Waals surface area (Å²) in [5, 5.41) is 0. The molecule has 1 atom stereocenters. The van der Waals surface area contributed by atoms with Gasteiger partial charge in [-0.1, -0.05) is 96.8 Å². The Morgan fingerprint density at radius 3 is 1.12 bits per heavy atom. The highest BCUT2D eigenvalue weighted by molar-refractivity contribution is 6.62. The minimum absolute atomic E-state index is 0.244. The van der Waals surface area contributed by atoms with Gasteiger partial charge in [-0.25, -0.2) is 0 Å². The number of unbranched alkanes of at least 4 members (excludes halogenated alkanes) is 15. The summed E-state index contributed by atoms with van der Waals surface area (Å²) in [5.41, 5.74) is 0.244. The van der Waals surface area contributed by atoms with Crippen molar-refractivity contribution < 1.29 is 17.8 Å². The summed E-state index contributed by atoms with van der Waals surface area (Å²) in [6.07, 6.45) is 22.6. The summed E-state index contributed by atoms with van der Waals surface area (Å²) in [6.45, 7) is 13.8. The molecule has 0 saturated heterocycles. The van der Waals surface area contributed by atoms with Gasteiger partial charge in [-0.15, -0.1) is 0 Å². The summed E-state index contributed by atoms with van der Waals surface area (Å²) < 4.78 is 19.4. The average molecular weight is 489 g/mol. The molecule has 0 rings (SSSR count). The lowest BCUT2D eigenvalue weighted by molar-refractivity contribution is -0.904. The van der Waals surface area contributed by atoms with Crippen LogP contribution in [0.4, 0.5) is 0 Å². The predicted octanol–water partition coefficient (Wildman–Crippen LogP) is 8.30. The standard InChI is InChI=1S/C28H62NO3Si/c1-8-12-13-14-15-16-17-18-19-20-21-22-23-24-25-26-27-29(6,7)28(5)33(30-9-2,31-10-3)32-11-4/h28H,8-27H2,1-7H3/q+1. The molecule has 0 aromatic rings. The third-order valence-corrected chi connectivity index (χ3v) is 11.0. The fourth-order valence-electron chi connectivity index (χ4n) is 4.78. The summed E-state index contributed by atoms with van der Waals surface area (Å²) >= 11 is 0. The Morgan fingerprint density at radius 2 is 0.818 bits per heavy atom. The highest BCUT2D eigenvalue weighted by atomic mass is 28.4. The van der Waals surface area contributed by atoms with Gasteiger partial charge in [-0.2, -0.15) is 0 Å². The van der Waals surface area contributed by atoms with Gasteiger partial charge in [0, 0.05) is 19.8 Å². The highest BCUT2D eigenvalue weighted by Crippen LogP contribution is 2.24. The van der Waals surface area contributed by atoms with Crippen molar-refractivity contribution in [1.29, 1.82) is 0 Å². The molecule has 0 aromatic heterocycles. The molecule has 0 heterocycles. The van der Waals surface area contributed by atoms with Gasteiger partial charge in [0.15, 0.2) is 5.67 Å². The molecule has 200 valence electrons. The van der Waals surface area contributed by atoms with E-state index in [4.69, 9.17) is 13.3 Å². The largest absolute Gasteiger partial charge is 0.562 e. The molecule has 5 heteroatoms. The van der Waals surface area contributed by atoms with Crippen molar-refractivity contribution in [2.75, 3.05) is 40.5 Å². The van der Waals surface area contributed by atoms with E-state index in [2.05, 4.69) is 27.9 Å². The van der Waals surface area contributed by atoms with Crippen molar-refractivity contribution in [3.05, 3.63) is 0 Å². The molecule has 0 aliphatic heterocycles. The SMILES string of the molecule is CCCCCCCCCCCCCCCCCC[N+](C)(C)C(C)[Si](OCC)(OCC)OCC. The zero-order valence-electron chi connectivity index (χ0n) is 23.9. The van der Waals surface area contributed by atoms with Crippen LogP contribution in [0.1, 0.15) is 137 Å². The molecule has 33 heavy (non-hydrogen) atoms. The molecule has 0 amide bonds. The van der Waals surface area contributed by atoms with Crippen LogP contribution in [0.25, 0.3) is 0 Å². The Hall–Kier alpha value is 0.0569.